The second-order valence-electron chi connectivity index (χ2n) is 4.73. The van der Waals surface area contributed by atoms with Gasteiger partial charge in [0.2, 0.25) is 0 Å². The van der Waals surface area contributed by atoms with Gasteiger partial charge in [-0.3, -0.25) is 4.79 Å². The molecule has 0 spiro atoms. The SMILES string of the molecule is CCNc1ccc(C)cc1C(=O)Nc1ccccc1OC. The highest BCUT2D eigenvalue weighted by Gasteiger charge is 2.13. The van der Waals surface area contributed by atoms with Crippen molar-refractivity contribution in [1.29, 1.82) is 0 Å². The van der Waals surface area contributed by atoms with E-state index < -0.39 is 0 Å². The van der Waals surface area contributed by atoms with Gasteiger partial charge >= 0.3 is 0 Å². The largest absolute Gasteiger partial charge is 0.495 e. The molecule has 110 valence electrons. The molecule has 0 saturated heterocycles. The van der Waals surface area contributed by atoms with Crippen molar-refractivity contribution in [2.45, 2.75) is 13.8 Å². The second kappa shape index (κ2) is 6.79. The van der Waals surface area contributed by atoms with Gasteiger partial charge in [0.15, 0.2) is 0 Å². The Morgan fingerprint density at radius 3 is 2.62 bits per heavy atom. The Hall–Kier alpha value is -2.49. The fraction of sp³-hybridized carbons (Fsp3) is 0.235. The smallest absolute Gasteiger partial charge is 0.257 e. The Morgan fingerprint density at radius 1 is 1.14 bits per heavy atom. The number of rotatable bonds is 5. The predicted molar refractivity (Wildman–Crippen MR) is 86.3 cm³/mol. The van der Waals surface area contributed by atoms with E-state index in [0.29, 0.717) is 17.0 Å². The van der Waals surface area contributed by atoms with Crippen LogP contribution in [0.4, 0.5) is 11.4 Å². The third kappa shape index (κ3) is 3.54. The fourth-order valence-electron chi connectivity index (χ4n) is 2.13. The lowest BCUT2D eigenvalue weighted by Gasteiger charge is -2.13. The summed E-state index contributed by atoms with van der Waals surface area (Å²) in [6, 6.07) is 13.2. The molecule has 4 heteroatoms. The van der Waals surface area contributed by atoms with Gasteiger partial charge in [-0.2, -0.15) is 0 Å². The summed E-state index contributed by atoms with van der Waals surface area (Å²) < 4.78 is 5.25. The zero-order valence-corrected chi connectivity index (χ0v) is 12.6. The van der Waals surface area contributed by atoms with Crippen molar-refractivity contribution < 1.29 is 9.53 Å². The van der Waals surface area contributed by atoms with Crippen molar-refractivity contribution >= 4 is 17.3 Å². The molecule has 0 fully saturated rings. The van der Waals surface area contributed by atoms with E-state index in [1.54, 1.807) is 7.11 Å². The Bertz CT molecular complexity index is 638. The molecule has 0 heterocycles. The molecule has 2 rings (SSSR count). The van der Waals surface area contributed by atoms with Gasteiger partial charge < -0.3 is 15.4 Å². The van der Waals surface area contributed by atoms with Gasteiger partial charge in [0.05, 0.1) is 18.4 Å². The molecule has 1 amide bonds. The van der Waals surface area contributed by atoms with Gasteiger partial charge in [-0.05, 0) is 38.1 Å². The Balaban J connectivity index is 2.29. The van der Waals surface area contributed by atoms with Crippen LogP contribution in [0.2, 0.25) is 0 Å². The first kappa shape index (κ1) is 14.9. The minimum absolute atomic E-state index is 0.154. The minimum Gasteiger partial charge on any atom is -0.495 e. The number of hydrogen-bond acceptors (Lipinski definition) is 3. The molecule has 0 radical (unpaired) electrons. The number of anilines is 2. The monoisotopic (exact) mass is 284 g/mol. The summed E-state index contributed by atoms with van der Waals surface area (Å²) in [6.45, 7) is 4.73. The maximum Gasteiger partial charge on any atom is 0.257 e. The maximum absolute atomic E-state index is 12.5. The highest BCUT2D eigenvalue weighted by Crippen LogP contribution is 2.25. The average molecular weight is 284 g/mol. The molecule has 0 aliphatic heterocycles. The maximum atomic E-state index is 12.5. The van der Waals surface area contributed by atoms with Crippen LogP contribution in [0.5, 0.6) is 5.75 Å². The molecule has 0 aliphatic carbocycles. The van der Waals surface area contributed by atoms with Crippen LogP contribution in [0.3, 0.4) is 0 Å². The summed E-state index contributed by atoms with van der Waals surface area (Å²) in [6.07, 6.45) is 0. The van der Waals surface area contributed by atoms with Crippen molar-refractivity contribution in [1.82, 2.24) is 0 Å². The second-order valence-corrected chi connectivity index (χ2v) is 4.73. The van der Waals surface area contributed by atoms with E-state index >= 15 is 0 Å². The first-order chi connectivity index (χ1) is 10.2. The molecular weight excluding hydrogens is 264 g/mol. The van der Waals surface area contributed by atoms with Gasteiger partial charge in [0, 0.05) is 12.2 Å². The van der Waals surface area contributed by atoms with Crippen LogP contribution < -0.4 is 15.4 Å². The van der Waals surface area contributed by atoms with Crippen LogP contribution in [-0.4, -0.2) is 19.6 Å². The number of methoxy groups -OCH3 is 1. The quantitative estimate of drug-likeness (QED) is 0.880. The summed E-state index contributed by atoms with van der Waals surface area (Å²) in [5.74, 6) is 0.489. The Labute approximate surface area is 125 Å². The molecule has 2 N–H and O–H groups in total. The van der Waals surface area contributed by atoms with E-state index in [-0.39, 0.29) is 5.91 Å². The summed E-state index contributed by atoms with van der Waals surface area (Å²) in [5.41, 5.74) is 3.16. The van der Waals surface area contributed by atoms with Gasteiger partial charge in [-0.25, -0.2) is 0 Å². The lowest BCUT2D eigenvalue weighted by Crippen LogP contribution is -2.15. The minimum atomic E-state index is -0.154. The molecule has 2 aromatic carbocycles. The molecule has 4 nitrogen and oxygen atoms in total. The highest BCUT2D eigenvalue weighted by atomic mass is 16.5. The number of carbonyl (C=O) groups is 1. The number of ether oxygens (including phenoxy) is 1. The van der Waals surface area contributed by atoms with Crippen LogP contribution >= 0.6 is 0 Å². The number of para-hydroxylation sites is 2. The summed E-state index contributed by atoms with van der Waals surface area (Å²) in [5, 5.41) is 6.11. The number of benzene rings is 2. The van der Waals surface area contributed by atoms with Crippen molar-refractivity contribution in [3.8, 4) is 5.75 Å². The van der Waals surface area contributed by atoms with Gasteiger partial charge in [0.1, 0.15) is 5.75 Å². The van der Waals surface area contributed by atoms with E-state index in [1.807, 2.05) is 56.3 Å². The summed E-state index contributed by atoms with van der Waals surface area (Å²) in [7, 11) is 1.59. The number of carbonyl (C=O) groups excluding carboxylic acids is 1. The molecule has 0 bridgehead atoms. The lowest BCUT2D eigenvalue weighted by atomic mass is 10.1. The van der Waals surface area contributed by atoms with E-state index in [2.05, 4.69) is 10.6 Å². The van der Waals surface area contributed by atoms with Crippen LogP contribution in [-0.2, 0) is 0 Å². The normalized spacial score (nSPS) is 10.0. The molecule has 0 aliphatic rings. The fourth-order valence-corrected chi connectivity index (χ4v) is 2.13. The van der Waals surface area contributed by atoms with Crippen molar-refractivity contribution in [2.24, 2.45) is 0 Å². The average Bonchev–Trinajstić information content (AvgIpc) is 2.49. The number of amides is 1. The first-order valence-corrected chi connectivity index (χ1v) is 6.94. The van der Waals surface area contributed by atoms with Gasteiger partial charge in [-0.1, -0.05) is 23.8 Å². The molecule has 0 aromatic heterocycles. The zero-order chi connectivity index (χ0) is 15.2. The van der Waals surface area contributed by atoms with E-state index in [1.165, 1.54) is 0 Å². The van der Waals surface area contributed by atoms with E-state index in [9.17, 15) is 4.79 Å². The topological polar surface area (TPSA) is 50.4 Å². The summed E-state index contributed by atoms with van der Waals surface area (Å²) in [4.78, 5) is 12.5. The molecule has 0 atom stereocenters. The van der Waals surface area contributed by atoms with Crippen LogP contribution in [0.25, 0.3) is 0 Å². The number of hydrogen-bond donors (Lipinski definition) is 2. The van der Waals surface area contributed by atoms with Crippen LogP contribution in [0.1, 0.15) is 22.8 Å². The standard InChI is InChI=1S/C17H20N2O2/c1-4-18-14-10-9-12(2)11-13(14)17(20)19-15-7-5-6-8-16(15)21-3/h5-11,18H,4H2,1-3H3,(H,19,20). The molecule has 0 saturated carbocycles. The number of nitrogens with one attached hydrogen (secondary N) is 2. The third-order valence-electron chi connectivity index (χ3n) is 3.14. The van der Waals surface area contributed by atoms with Crippen LogP contribution in [0.15, 0.2) is 42.5 Å². The third-order valence-corrected chi connectivity index (χ3v) is 3.14. The molecule has 0 unspecified atom stereocenters. The van der Waals surface area contributed by atoms with Gasteiger partial charge in [-0.15, -0.1) is 0 Å². The molecule has 21 heavy (non-hydrogen) atoms. The Kier molecular flexibility index (Phi) is 4.82. The van der Waals surface area contributed by atoms with Crippen molar-refractivity contribution in [3.63, 3.8) is 0 Å². The molecule has 2 aromatic rings. The Morgan fingerprint density at radius 2 is 1.90 bits per heavy atom. The van der Waals surface area contributed by atoms with Gasteiger partial charge in [0.25, 0.3) is 5.91 Å². The number of aryl methyl sites for hydroxylation is 1. The summed E-state index contributed by atoms with van der Waals surface area (Å²) >= 11 is 0. The van der Waals surface area contributed by atoms with Crippen LogP contribution in [0, 0.1) is 6.92 Å². The predicted octanol–water partition coefficient (Wildman–Crippen LogP) is 3.69. The zero-order valence-electron chi connectivity index (χ0n) is 12.6. The highest BCUT2D eigenvalue weighted by molar-refractivity contribution is 6.08. The first-order valence-electron chi connectivity index (χ1n) is 6.94. The van der Waals surface area contributed by atoms with Crippen molar-refractivity contribution in [3.05, 3.63) is 53.6 Å². The molecular formula is C17H20N2O2. The van der Waals surface area contributed by atoms with E-state index in [4.69, 9.17) is 4.74 Å². The lowest BCUT2D eigenvalue weighted by molar-refractivity contribution is 0.102. The van der Waals surface area contributed by atoms with Crippen molar-refractivity contribution in [2.75, 3.05) is 24.3 Å². The van der Waals surface area contributed by atoms with E-state index in [0.717, 1.165) is 17.8 Å².